The number of anilines is 1. The average molecular weight is 466 g/mol. The minimum Gasteiger partial charge on any atom is -0.444 e. The van der Waals surface area contributed by atoms with Crippen molar-refractivity contribution in [1.82, 2.24) is 19.7 Å². The molecule has 1 aliphatic rings. The zero-order valence-electron chi connectivity index (χ0n) is 17.4. The zero-order valence-corrected chi connectivity index (χ0v) is 19.0. The van der Waals surface area contributed by atoms with Gasteiger partial charge in [0.05, 0.1) is 22.4 Å². The number of benzene rings is 1. The molecule has 1 amide bonds. The summed E-state index contributed by atoms with van der Waals surface area (Å²) in [6, 6.07) is 5.20. The quantitative estimate of drug-likeness (QED) is 0.597. The number of hydrogen-bond donors (Lipinski definition) is 2. The summed E-state index contributed by atoms with van der Waals surface area (Å²) in [4.78, 5) is 16.7. The smallest absolute Gasteiger partial charge is 0.410 e. The van der Waals surface area contributed by atoms with E-state index in [0.29, 0.717) is 35.9 Å². The van der Waals surface area contributed by atoms with E-state index in [2.05, 4.69) is 14.8 Å². The van der Waals surface area contributed by atoms with Gasteiger partial charge in [0, 0.05) is 43.3 Å². The molecule has 2 aromatic heterocycles. The van der Waals surface area contributed by atoms with Gasteiger partial charge in [-0.15, -0.1) is 0 Å². The maximum atomic E-state index is 12.8. The lowest BCUT2D eigenvalue weighted by Gasteiger charge is -2.39. The first-order valence-corrected chi connectivity index (χ1v) is 11.7. The number of fused-ring (bicyclic) bond motifs is 1. The molecule has 0 atom stereocenters. The molecule has 0 unspecified atom stereocenters. The maximum Gasteiger partial charge on any atom is 0.410 e. The fraction of sp³-hybridized carbons (Fsp3) is 0.400. The summed E-state index contributed by atoms with van der Waals surface area (Å²) in [5.41, 5.74) is 0.486. The number of amides is 1. The minimum absolute atomic E-state index is 0.0606. The van der Waals surface area contributed by atoms with Crippen LogP contribution in [0.2, 0.25) is 5.02 Å². The Morgan fingerprint density at radius 3 is 2.81 bits per heavy atom. The monoisotopic (exact) mass is 465 g/mol. The number of likely N-dealkylation sites (tertiary alicyclic amines) is 1. The number of ether oxygens (including phenoxy) is 1. The van der Waals surface area contributed by atoms with Crippen LogP contribution in [0.5, 0.6) is 0 Å². The van der Waals surface area contributed by atoms with E-state index in [1.807, 2.05) is 26.8 Å². The number of H-pyrrole nitrogens is 1. The van der Waals surface area contributed by atoms with Crippen molar-refractivity contribution >= 4 is 44.3 Å². The Kier molecular flexibility index (Phi) is 5.38. The van der Waals surface area contributed by atoms with E-state index in [0.717, 1.165) is 5.39 Å². The van der Waals surface area contributed by atoms with Gasteiger partial charge in [0.1, 0.15) is 10.5 Å². The third-order valence-electron chi connectivity index (χ3n) is 4.88. The topological polar surface area (TPSA) is 109 Å². The Labute approximate surface area is 185 Å². The number of carbonyl (C=O) groups excluding carboxylic acids is 1. The van der Waals surface area contributed by atoms with Crippen molar-refractivity contribution in [3.8, 4) is 0 Å². The van der Waals surface area contributed by atoms with Crippen molar-refractivity contribution in [3.63, 3.8) is 0 Å². The van der Waals surface area contributed by atoms with Gasteiger partial charge in [0.2, 0.25) is 0 Å². The van der Waals surface area contributed by atoms with E-state index < -0.39 is 15.6 Å². The number of aromatic nitrogens is 3. The minimum atomic E-state index is -3.82. The van der Waals surface area contributed by atoms with E-state index in [4.69, 9.17) is 16.3 Å². The molecule has 0 saturated carbocycles. The standard InChI is InChI=1S/C20H24ClN5O4S/c1-20(2,3)30-19(27)25-9-13(10-25)11-26-12-14(7-23-26)31(28,29)24-17-6-4-5-15-16(21)8-22-18(15)17/h4-8,12-13,22,24H,9-11H2,1-3H3. The summed E-state index contributed by atoms with van der Waals surface area (Å²) in [6.07, 6.45) is 4.07. The van der Waals surface area contributed by atoms with Gasteiger partial charge in [0.15, 0.2) is 0 Å². The second kappa shape index (κ2) is 7.76. The fourth-order valence-electron chi connectivity index (χ4n) is 3.42. The van der Waals surface area contributed by atoms with Crippen LogP contribution in [-0.2, 0) is 21.3 Å². The summed E-state index contributed by atoms with van der Waals surface area (Å²) in [5.74, 6) is 0.186. The van der Waals surface area contributed by atoms with Crippen LogP contribution in [-0.4, -0.2) is 52.9 Å². The molecule has 0 spiro atoms. The summed E-state index contributed by atoms with van der Waals surface area (Å²) in [5, 5.41) is 5.43. The van der Waals surface area contributed by atoms with E-state index in [-0.39, 0.29) is 16.9 Å². The van der Waals surface area contributed by atoms with Crippen LogP contribution in [0.25, 0.3) is 10.9 Å². The van der Waals surface area contributed by atoms with Crippen molar-refractivity contribution in [2.75, 3.05) is 17.8 Å². The summed E-state index contributed by atoms with van der Waals surface area (Å²) in [7, 11) is -3.82. The SMILES string of the molecule is CC(C)(C)OC(=O)N1CC(Cn2cc(S(=O)(=O)Nc3cccc4c(Cl)c[nH]c34)cn2)C1. The molecule has 9 nitrogen and oxygen atoms in total. The highest BCUT2D eigenvalue weighted by molar-refractivity contribution is 7.92. The van der Waals surface area contributed by atoms with Gasteiger partial charge in [-0.2, -0.15) is 5.10 Å². The molecule has 2 N–H and O–H groups in total. The van der Waals surface area contributed by atoms with E-state index in [9.17, 15) is 13.2 Å². The molecule has 1 fully saturated rings. The second-order valence-electron chi connectivity index (χ2n) is 8.62. The highest BCUT2D eigenvalue weighted by Gasteiger charge is 2.34. The number of nitrogens with zero attached hydrogens (tertiary/aromatic N) is 3. The van der Waals surface area contributed by atoms with E-state index in [1.54, 1.807) is 27.9 Å². The van der Waals surface area contributed by atoms with Gasteiger partial charge >= 0.3 is 6.09 Å². The molecule has 4 rings (SSSR count). The Morgan fingerprint density at radius 1 is 1.35 bits per heavy atom. The van der Waals surface area contributed by atoms with Crippen LogP contribution in [0.1, 0.15) is 20.8 Å². The zero-order chi connectivity index (χ0) is 22.4. The van der Waals surface area contributed by atoms with E-state index in [1.165, 1.54) is 12.4 Å². The lowest BCUT2D eigenvalue weighted by atomic mass is 10.0. The first kappa shape index (κ1) is 21.5. The fourth-order valence-corrected chi connectivity index (χ4v) is 4.65. The van der Waals surface area contributed by atoms with Crippen LogP contribution in [0.3, 0.4) is 0 Å². The Balaban J connectivity index is 1.39. The Morgan fingerprint density at radius 2 is 2.10 bits per heavy atom. The lowest BCUT2D eigenvalue weighted by molar-refractivity contribution is -0.00384. The number of rotatable bonds is 5. The number of carbonyl (C=O) groups is 1. The second-order valence-corrected chi connectivity index (χ2v) is 10.7. The number of hydrogen-bond acceptors (Lipinski definition) is 5. The molecule has 1 saturated heterocycles. The molecule has 1 aliphatic heterocycles. The van der Waals surface area contributed by atoms with Crippen LogP contribution in [0.4, 0.5) is 10.5 Å². The van der Waals surface area contributed by atoms with Gasteiger partial charge in [-0.3, -0.25) is 9.40 Å². The highest BCUT2D eigenvalue weighted by Crippen LogP contribution is 2.30. The van der Waals surface area contributed by atoms with Crippen LogP contribution >= 0.6 is 11.6 Å². The van der Waals surface area contributed by atoms with Crippen molar-refractivity contribution < 1.29 is 17.9 Å². The highest BCUT2D eigenvalue weighted by atomic mass is 35.5. The molecular formula is C20H24ClN5O4S. The normalized spacial score (nSPS) is 15.2. The third kappa shape index (κ3) is 4.64. The molecule has 166 valence electrons. The number of para-hydroxylation sites is 1. The molecule has 3 aromatic rings. The van der Waals surface area contributed by atoms with Crippen LogP contribution in [0, 0.1) is 5.92 Å². The van der Waals surface area contributed by atoms with Crippen molar-refractivity contribution in [2.45, 2.75) is 37.8 Å². The van der Waals surface area contributed by atoms with Crippen molar-refractivity contribution in [1.29, 1.82) is 0 Å². The molecular weight excluding hydrogens is 442 g/mol. The van der Waals surface area contributed by atoms with Gasteiger partial charge < -0.3 is 14.6 Å². The predicted octanol–water partition coefficient (Wildman–Crippen LogP) is 3.69. The molecule has 1 aromatic carbocycles. The molecule has 0 radical (unpaired) electrons. The molecule has 3 heterocycles. The first-order valence-electron chi connectivity index (χ1n) is 9.81. The third-order valence-corrected chi connectivity index (χ3v) is 6.52. The maximum absolute atomic E-state index is 12.8. The Hall–Kier alpha value is -2.72. The van der Waals surface area contributed by atoms with Crippen molar-refractivity contribution in [3.05, 3.63) is 41.8 Å². The van der Waals surface area contributed by atoms with Gasteiger partial charge in [-0.05, 0) is 26.8 Å². The van der Waals surface area contributed by atoms with Gasteiger partial charge in [0.25, 0.3) is 10.0 Å². The number of halogens is 1. The lowest BCUT2D eigenvalue weighted by Crippen LogP contribution is -2.52. The van der Waals surface area contributed by atoms with Crippen molar-refractivity contribution in [2.24, 2.45) is 5.92 Å². The molecule has 31 heavy (non-hydrogen) atoms. The first-order chi connectivity index (χ1) is 14.5. The average Bonchev–Trinajstić information content (AvgIpc) is 3.24. The van der Waals surface area contributed by atoms with E-state index >= 15 is 0 Å². The number of aromatic amines is 1. The largest absolute Gasteiger partial charge is 0.444 e. The summed E-state index contributed by atoms with van der Waals surface area (Å²) >= 11 is 6.11. The molecule has 11 heteroatoms. The number of nitrogens with one attached hydrogen (secondary N) is 2. The predicted molar refractivity (Wildman–Crippen MR) is 118 cm³/mol. The molecule has 0 aliphatic carbocycles. The van der Waals surface area contributed by atoms with Crippen LogP contribution in [0.15, 0.2) is 41.7 Å². The summed E-state index contributed by atoms with van der Waals surface area (Å²) in [6.45, 7) is 7.08. The van der Waals surface area contributed by atoms with Gasteiger partial charge in [-0.1, -0.05) is 23.7 Å². The van der Waals surface area contributed by atoms with Gasteiger partial charge in [-0.25, -0.2) is 13.2 Å². The number of sulfonamides is 1. The van der Waals surface area contributed by atoms with Crippen LogP contribution < -0.4 is 4.72 Å². The molecule has 0 bridgehead atoms. The Bertz CT molecular complexity index is 1220. The summed E-state index contributed by atoms with van der Waals surface area (Å²) < 4.78 is 35.2.